The molecule has 1 heterocycles. The number of carbonyl (C=O) groups is 1. The van der Waals surface area contributed by atoms with Gasteiger partial charge in [-0.2, -0.15) is 0 Å². The molecule has 3 rings (SSSR count). The van der Waals surface area contributed by atoms with Crippen molar-refractivity contribution in [2.45, 2.75) is 25.0 Å². The lowest BCUT2D eigenvalue weighted by molar-refractivity contribution is -0.113. The number of anilines is 2. The molecule has 0 fully saturated rings. The van der Waals surface area contributed by atoms with Crippen LogP contribution in [0.2, 0.25) is 0 Å². The topological polar surface area (TPSA) is 63.1 Å². The number of hydrogen-bond donors (Lipinski definition) is 1. The quantitative estimate of drug-likeness (QED) is 0.407. The van der Waals surface area contributed by atoms with Crippen LogP contribution >= 0.6 is 11.8 Å². The van der Waals surface area contributed by atoms with E-state index in [1.165, 1.54) is 11.8 Å². The van der Waals surface area contributed by atoms with Crippen LogP contribution in [0.5, 0.6) is 0 Å². The number of aryl methyl sites for hydroxylation is 1. The van der Waals surface area contributed by atoms with Gasteiger partial charge in [0.25, 0.3) is 0 Å². The van der Waals surface area contributed by atoms with Crippen molar-refractivity contribution in [1.29, 1.82) is 0 Å². The molecule has 30 heavy (non-hydrogen) atoms. The molecular formula is C23H27N5OS. The summed E-state index contributed by atoms with van der Waals surface area (Å²) < 4.78 is 1.99. The Balaban J connectivity index is 1.76. The lowest BCUT2D eigenvalue weighted by Crippen LogP contribution is -2.15. The molecule has 0 aliphatic carbocycles. The SMILES string of the molecule is C=CCn1c(SCC(=O)Nc2ccccc2CC)nnc1-c1cccc(N(C)C)c1. The van der Waals surface area contributed by atoms with Crippen LogP contribution in [0.1, 0.15) is 12.5 Å². The first-order valence-corrected chi connectivity index (χ1v) is 10.8. The van der Waals surface area contributed by atoms with Crippen molar-refractivity contribution in [3.05, 3.63) is 66.7 Å². The fourth-order valence-corrected chi connectivity index (χ4v) is 3.84. The maximum atomic E-state index is 12.5. The zero-order chi connectivity index (χ0) is 21.5. The first kappa shape index (κ1) is 21.6. The van der Waals surface area contributed by atoms with E-state index in [1.807, 2.05) is 72.1 Å². The minimum Gasteiger partial charge on any atom is -0.378 e. The van der Waals surface area contributed by atoms with Crippen molar-refractivity contribution in [2.75, 3.05) is 30.1 Å². The van der Waals surface area contributed by atoms with E-state index in [-0.39, 0.29) is 11.7 Å². The predicted molar refractivity (Wildman–Crippen MR) is 125 cm³/mol. The van der Waals surface area contributed by atoms with E-state index in [9.17, 15) is 4.79 Å². The van der Waals surface area contributed by atoms with Crippen LogP contribution in [0, 0.1) is 0 Å². The minimum absolute atomic E-state index is 0.0646. The maximum Gasteiger partial charge on any atom is 0.234 e. The van der Waals surface area contributed by atoms with Gasteiger partial charge in [0.15, 0.2) is 11.0 Å². The van der Waals surface area contributed by atoms with E-state index in [2.05, 4.69) is 35.1 Å². The number of amides is 1. The zero-order valence-corrected chi connectivity index (χ0v) is 18.4. The smallest absolute Gasteiger partial charge is 0.234 e. The van der Waals surface area contributed by atoms with Crippen LogP contribution in [-0.4, -0.2) is 40.5 Å². The maximum absolute atomic E-state index is 12.5. The van der Waals surface area contributed by atoms with Crippen LogP contribution in [0.15, 0.2) is 66.3 Å². The largest absolute Gasteiger partial charge is 0.378 e. The van der Waals surface area contributed by atoms with Gasteiger partial charge < -0.3 is 10.2 Å². The summed E-state index contributed by atoms with van der Waals surface area (Å²) in [7, 11) is 4.01. The molecule has 6 nitrogen and oxygen atoms in total. The summed E-state index contributed by atoms with van der Waals surface area (Å²) in [5.74, 6) is 0.952. The lowest BCUT2D eigenvalue weighted by atomic mass is 10.1. The highest BCUT2D eigenvalue weighted by molar-refractivity contribution is 7.99. The summed E-state index contributed by atoms with van der Waals surface area (Å²) in [5.41, 5.74) is 4.04. The number of benzene rings is 2. The molecule has 0 saturated carbocycles. The Morgan fingerprint density at radius 1 is 1.20 bits per heavy atom. The van der Waals surface area contributed by atoms with Crippen molar-refractivity contribution < 1.29 is 4.79 Å². The molecule has 0 bridgehead atoms. The molecule has 2 aromatic carbocycles. The van der Waals surface area contributed by atoms with Crippen LogP contribution in [0.25, 0.3) is 11.4 Å². The van der Waals surface area contributed by atoms with Gasteiger partial charge in [0.2, 0.25) is 5.91 Å². The highest BCUT2D eigenvalue weighted by Gasteiger charge is 2.16. The number of rotatable bonds is 9. The van der Waals surface area contributed by atoms with Gasteiger partial charge in [-0.25, -0.2) is 0 Å². The normalized spacial score (nSPS) is 10.6. The number of nitrogens with zero attached hydrogens (tertiary/aromatic N) is 4. The second-order valence-corrected chi connectivity index (χ2v) is 7.94. The van der Waals surface area contributed by atoms with Gasteiger partial charge in [0.05, 0.1) is 5.75 Å². The second kappa shape index (κ2) is 10.1. The number of para-hydroxylation sites is 1. The summed E-state index contributed by atoms with van der Waals surface area (Å²) in [6, 6.07) is 16.0. The van der Waals surface area contributed by atoms with E-state index in [1.54, 1.807) is 0 Å². The molecule has 1 N–H and O–H groups in total. The Morgan fingerprint density at radius 3 is 2.73 bits per heavy atom. The van der Waals surface area contributed by atoms with E-state index in [0.29, 0.717) is 11.7 Å². The van der Waals surface area contributed by atoms with Crippen molar-refractivity contribution in [1.82, 2.24) is 14.8 Å². The van der Waals surface area contributed by atoms with Gasteiger partial charge in [-0.05, 0) is 30.2 Å². The van der Waals surface area contributed by atoms with Gasteiger partial charge in [0.1, 0.15) is 0 Å². The number of nitrogens with one attached hydrogen (secondary N) is 1. The monoisotopic (exact) mass is 421 g/mol. The third-order valence-corrected chi connectivity index (χ3v) is 5.62. The summed E-state index contributed by atoms with van der Waals surface area (Å²) in [4.78, 5) is 14.6. The molecule has 0 aliphatic heterocycles. The summed E-state index contributed by atoms with van der Waals surface area (Å²) in [6.07, 6.45) is 2.68. The fourth-order valence-electron chi connectivity index (χ4n) is 3.09. The lowest BCUT2D eigenvalue weighted by Gasteiger charge is -2.14. The Morgan fingerprint density at radius 2 is 2.00 bits per heavy atom. The van der Waals surface area contributed by atoms with Gasteiger partial charge in [-0.15, -0.1) is 16.8 Å². The molecule has 0 spiro atoms. The summed E-state index contributed by atoms with van der Waals surface area (Å²) in [5, 5.41) is 12.4. The molecule has 0 atom stereocenters. The number of thioether (sulfide) groups is 1. The standard InChI is InChI=1S/C23H27N5OS/c1-5-14-28-22(18-11-9-12-19(15-18)27(3)4)25-26-23(28)30-16-21(29)24-20-13-8-7-10-17(20)6-2/h5,7-13,15H,1,6,14,16H2,2-4H3,(H,24,29). The van der Waals surface area contributed by atoms with Crippen molar-refractivity contribution >= 4 is 29.0 Å². The van der Waals surface area contributed by atoms with E-state index < -0.39 is 0 Å². The first-order chi connectivity index (χ1) is 14.5. The number of hydrogen-bond acceptors (Lipinski definition) is 5. The zero-order valence-electron chi connectivity index (χ0n) is 17.6. The van der Waals surface area contributed by atoms with Gasteiger partial charge >= 0.3 is 0 Å². The number of allylic oxidation sites excluding steroid dienone is 1. The number of aromatic nitrogens is 3. The molecular weight excluding hydrogens is 394 g/mol. The van der Waals surface area contributed by atoms with Crippen molar-refractivity contribution in [3.63, 3.8) is 0 Å². The molecule has 0 aliphatic rings. The van der Waals surface area contributed by atoms with Crippen molar-refractivity contribution in [2.24, 2.45) is 0 Å². The first-order valence-electron chi connectivity index (χ1n) is 9.86. The Labute approximate surface area is 182 Å². The Bertz CT molecular complexity index is 1030. The molecule has 1 aromatic heterocycles. The van der Waals surface area contributed by atoms with Gasteiger partial charge in [-0.3, -0.25) is 9.36 Å². The van der Waals surface area contributed by atoms with Crippen LogP contribution < -0.4 is 10.2 Å². The molecule has 0 radical (unpaired) electrons. The van der Waals surface area contributed by atoms with E-state index in [0.717, 1.165) is 34.7 Å². The third-order valence-electron chi connectivity index (χ3n) is 4.65. The Kier molecular flexibility index (Phi) is 7.30. The average Bonchev–Trinajstić information content (AvgIpc) is 3.15. The number of carbonyl (C=O) groups excluding carboxylic acids is 1. The van der Waals surface area contributed by atoms with Crippen molar-refractivity contribution in [3.8, 4) is 11.4 Å². The molecule has 0 saturated heterocycles. The summed E-state index contributed by atoms with van der Waals surface area (Å²) >= 11 is 1.37. The highest BCUT2D eigenvalue weighted by Crippen LogP contribution is 2.27. The second-order valence-electron chi connectivity index (χ2n) is 7.00. The average molecular weight is 422 g/mol. The van der Waals surface area contributed by atoms with Crippen LogP contribution in [0.4, 0.5) is 11.4 Å². The predicted octanol–water partition coefficient (Wildman–Crippen LogP) is 4.49. The molecule has 0 unspecified atom stereocenters. The molecule has 3 aromatic rings. The van der Waals surface area contributed by atoms with E-state index in [4.69, 9.17) is 0 Å². The fraction of sp³-hybridized carbons (Fsp3) is 0.261. The molecule has 1 amide bonds. The Hall–Kier alpha value is -3.06. The molecule has 156 valence electrons. The summed E-state index contributed by atoms with van der Waals surface area (Å²) in [6.45, 7) is 6.49. The van der Waals surface area contributed by atoms with Gasteiger partial charge in [-0.1, -0.05) is 55.1 Å². The van der Waals surface area contributed by atoms with Crippen LogP contribution in [0.3, 0.4) is 0 Å². The molecule has 7 heteroatoms. The minimum atomic E-state index is -0.0646. The highest BCUT2D eigenvalue weighted by atomic mass is 32.2. The third kappa shape index (κ3) is 5.10. The van der Waals surface area contributed by atoms with Crippen LogP contribution in [-0.2, 0) is 17.8 Å². The van der Waals surface area contributed by atoms with Gasteiger partial charge in [0, 0.05) is 37.6 Å². The van der Waals surface area contributed by atoms with E-state index >= 15 is 0 Å².